The number of aromatic nitrogens is 1. The van der Waals surface area contributed by atoms with Crippen LogP contribution in [0.15, 0.2) is 103 Å². The molecule has 0 saturated carbocycles. The third-order valence-corrected chi connectivity index (χ3v) is 8.29. The summed E-state index contributed by atoms with van der Waals surface area (Å²) in [6.45, 7) is 0.902. The summed E-state index contributed by atoms with van der Waals surface area (Å²) in [6.07, 6.45) is 0.481. The smallest absolute Gasteiger partial charge is 0.427 e. The normalized spacial score (nSPS) is 12.6. The second kappa shape index (κ2) is 17.5. The highest BCUT2D eigenvalue weighted by Crippen LogP contribution is 2.32. The summed E-state index contributed by atoms with van der Waals surface area (Å²) in [7, 11) is 0. The number of nitrogens with one attached hydrogen (secondary N) is 1. The number of ether oxygens (including phenoxy) is 3. The van der Waals surface area contributed by atoms with Crippen LogP contribution in [0.2, 0.25) is 0 Å². The van der Waals surface area contributed by atoms with Crippen molar-refractivity contribution in [2.45, 2.75) is 57.3 Å². The molecule has 0 spiro atoms. The maximum absolute atomic E-state index is 13.7. The first-order chi connectivity index (χ1) is 24.6. The first-order valence-electron chi connectivity index (χ1n) is 16.7. The lowest BCUT2D eigenvalue weighted by Gasteiger charge is -2.25. The standard InChI is InChI=1S/C40H39F4N3O4/c1-28(46-35(17-12-29-8-3-2-4-9-29)26-50-36-10-5-6-11-37(36)51-40(43,44)27-41)22-30-23-32-18-20-47(38(32)33(24-30)25-45)19-7-21-49-39(48)31-13-15-34(42)16-14-31/h2-6,8-11,13-16,18,20,23-24,28,35,46H,7,12,17,19,21-22,26-27H2,1H3/t28-,35-/m1/s1. The average Bonchev–Trinajstić information content (AvgIpc) is 3.54. The molecule has 1 aromatic heterocycles. The third kappa shape index (κ3) is 10.6. The molecule has 266 valence electrons. The van der Waals surface area contributed by atoms with Gasteiger partial charge in [0.15, 0.2) is 18.2 Å². The van der Waals surface area contributed by atoms with Crippen LogP contribution in [-0.4, -0.2) is 48.6 Å². The lowest BCUT2D eigenvalue weighted by atomic mass is 10.00. The number of alkyl halides is 3. The van der Waals surface area contributed by atoms with Crippen LogP contribution in [-0.2, 0) is 24.1 Å². The Morgan fingerprint density at radius 3 is 2.41 bits per heavy atom. The van der Waals surface area contributed by atoms with E-state index in [1.54, 1.807) is 6.07 Å². The first-order valence-corrected chi connectivity index (χ1v) is 16.7. The van der Waals surface area contributed by atoms with Crippen LogP contribution in [0.3, 0.4) is 0 Å². The molecule has 11 heteroatoms. The van der Waals surface area contributed by atoms with Crippen molar-refractivity contribution in [2.75, 3.05) is 19.9 Å². The van der Waals surface area contributed by atoms with Crippen molar-refractivity contribution in [3.63, 3.8) is 0 Å². The van der Waals surface area contributed by atoms with E-state index in [9.17, 15) is 27.6 Å². The van der Waals surface area contributed by atoms with Crippen LogP contribution in [0, 0.1) is 17.1 Å². The number of fused-ring (bicyclic) bond motifs is 1. The number of hydrogen-bond donors (Lipinski definition) is 1. The summed E-state index contributed by atoms with van der Waals surface area (Å²) in [5.41, 5.74) is 3.69. The predicted molar refractivity (Wildman–Crippen MR) is 186 cm³/mol. The van der Waals surface area contributed by atoms with Gasteiger partial charge in [0.05, 0.1) is 23.3 Å². The molecule has 1 N–H and O–H groups in total. The van der Waals surface area contributed by atoms with Gasteiger partial charge in [0, 0.05) is 30.2 Å². The summed E-state index contributed by atoms with van der Waals surface area (Å²) in [6, 6.07) is 29.0. The van der Waals surface area contributed by atoms with Crippen molar-refractivity contribution in [1.82, 2.24) is 9.88 Å². The summed E-state index contributed by atoms with van der Waals surface area (Å²) in [5.74, 6) is -1.11. The molecule has 0 amide bonds. The van der Waals surface area contributed by atoms with Gasteiger partial charge in [-0.15, -0.1) is 0 Å². The highest BCUT2D eigenvalue weighted by atomic mass is 19.3. The molecular weight excluding hydrogens is 662 g/mol. The molecule has 2 atom stereocenters. The minimum atomic E-state index is -3.97. The van der Waals surface area contributed by atoms with Crippen LogP contribution < -0.4 is 14.8 Å². The van der Waals surface area contributed by atoms with Crippen molar-refractivity contribution in [3.8, 4) is 17.6 Å². The van der Waals surface area contributed by atoms with Gasteiger partial charge in [0.2, 0.25) is 0 Å². The van der Waals surface area contributed by atoms with Gasteiger partial charge in [-0.25, -0.2) is 13.6 Å². The number of halogens is 4. The van der Waals surface area contributed by atoms with Crippen molar-refractivity contribution in [3.05, 3.63) is 131 Å². The number of carbonyl (C=O) groups excluding carboxylic acids is 1. The number of nitriles is 1. The van der Waals surface area contributed by atoms with Crippen LogP contribution in [0.1, 0.15) is 46.8 Å². The lowest BCUT2D eigenvalue weighted by Crippen LogP contribution is -2.42. The molecule has 7 nitrogen and oxygen atoms in total. The van der Waals surface area contributed by atoms with Crippen molar-refractivity contribution >= 4 is 16.9 Å². The average molecular weight is 702 g/mol. The number of esters is 1. The van der Waals surface area contributed by atoms with Gasteiger partial charge in [0.25, 0.3) is 0 Å². The molecule has 5 rings (SSSR count). The molecule has 0 unspecified atom stereocenters. The predicted octanol–water partition coefficient (Wildman–Crippen LogP) is 8.44. The number of para-hydroxylation sites is 2. The molecule has 5 aromatic rings. The monoisotopic (exact) mass is 701 g/mol. The Morgan fingerprint density at radius 2 is 1.69 bits per heavy atom. The summed E-state index contributed by atoms with van der Waals surface area (Å²) < 4.78 is 71.2. The Morgan fingerprint density at radius 1 is 0.961 bits per heavy atom. The summed E-state index contributed by atoms with van der Waals surface area (Å²) in [5, 5.41) is 14.6. The fourth-order valence-corrected chi connectivity index (χ4v) is 5.92. The van der Waals surface area contributed by atoms with Gasteiger partial charge in [-0.3, -0.25) is 0 Å². The van der Waals surface area contributed by atoms with E-state index in [0.29, 0.717) is 31.4 Å². The number of carbonyl (C=O) groups is 1. The van der Waals surface area contributed by atoms with Crippen molar-refractivity contribution < 1.29 is 36.6 Å². The first kappa shape index (κ1) is 36.9. The molecule has 0 aliphatic heterocycles. The molecule has 1 heterocycles. The fourth-order valence-electron chi connectivity index (χ4n) is 5.92. The maximum atomic E-state index is 13.7. The lowest BCUT2D eigenvalue weighted by molar-refractivity contribution is -0.187. The van der Waals surface area contributed by atoms with E-state index >= 15 is 0 Å². The Bertz CT molecular complexity index is 1930. The molecule has 0 aliphatic rings. The van der Waals surface area contributed by atoms with E-state index in [1.807, 2.05) is 66.2 Å². The quantitative estimate of drug-likeness (QED) is 0.0561. The van der Waals surface area contributed by atoms with E-state index in [2.05, 4.69) is 16.1 Å². The molecule has 51 heavy (non-hydrogen) atoms. The van der Waals surface area contributed by atoms with E-state index in [4.69, 9.17) is 9.47 Å². The minimum Gasteiger partial charge on any atom is -0.488 e. The van der Waals surface area contributed by atoms with E-state index < -0.39 is 24.6 Å². The zero-order chi connectivity index (χ0) is 36.2. The Hall–Kier alpha value is -5.34. The van der Waals surface area contributed by atoms with Gasteiger partial charge in [0.1, 0.15) is 18.5 Å². The second-order valence-electron chi connectivity index (χ2n) is 12.3. The molecule has 0 aliphatic carbocycles. The minimum absolute atomic E-state index is 0.0568. The Labute approximate surface area is 294 Å². The van der Waals surface area contributed by atoms with Crippen LogP contribution >= 0.6 is 0 Å². The summed E-state index contributed by atoms with van der Waals surface area (Å²) in [4.78, 5) is 12.2. The van der Waals surface area contributed by atoms with Gasteiger partial charge < -0.3 is 24.1 Å². The zero-order valence-electron chi connectivity index (χ0n) is 28.2. The maximum Gasteiger partial charge on any atom is 0.427 e. The topological polar surface area (TPSA) is 85.5 Å². The van der Waals surface area contributed by atoms with Crippen molar-refractivity contribution in [1.29, 1.82) is 5.26 Å². The molecule has 0 saturated heterocycles. The van der Waals surface area contributed by atoms with Crippen LogP contribution in [0.4, 0.5) is 17.6 Å². The van der Waals surface area contributed by atoms with Gasteiger partial charge in [-0.2, -0.15) is 14.0 Å². The molecule has 4 aromatic carbocycles. The van der Waals surface area contributed by atoms with Gasteiger partial charge in [-0.05, 0) is 98.3 Å². The highest BCUT2D eigenvalue weighted by molar-refractivity contribution is 5.89. The summed E-state index contributed by atoms with van der Waals surface area (Å²) >= 11 is 0. The van der Waals surface area contributed by atoms with Crippen LogP contribution in [0.25, 0.3) is 10.9 Å². The second-order valence-corrected chi connectivity index (χ2v) is 12.3. The number of nitrogens with zero attached hydrogens (tertiary/aromatic N) is 2. The van der Waals surface area contributed by atoms with Gasteiger partial charge in [-0.1, -0.05) is 42.5 Å². The highest BCUT2D eigenvalue weighted by Gasteiger charge is 2.33. The van der Waals surface area contributed by atoms with Crippen molar-refractivity contribution in [2.24, 2.45) is 0 Å². The van der Waals surface area contributed by atoms with E-state index in [1.165, 1.54) is 42.5 Å². The molecule has 0 bridgehead atoms. The third-order valence-electron chi connectivity index (χ3n) is 8.29. The van der Waals surface area contributed by atoms with Gasteiger partial charge >= 0.3 is 12.1 Å². The zero-order valence-corrected chi connectivity index (χ0v) is 28.2. The molecular formula is C40H39F4N3O4. The number of benzene rings is 4. The van der Waals surface area contributed by atoms with E-state index in [0.717, 1.165) is 28.5 Å². The number of hydrogen-bond acceptors (Lipinski definition) is 6. The molecule has 0 radical (unpaired) electrons. The van der Waals surface area contributed by atoms with Crippen LogP contribution in [0.5, 0.6) is 11.5 Å². The number of aryl methyl sites for hydroxylation is 2. The largest absolute Gasteiger partial charge is 0.488 e. The molecule has 0 fully saturated rings. The Balaban J connectivity index is 1.22. The Kier molecular flexibility index (Phi) is 12.7. The van der Waals surface area contributed by atoms with E-state index in [-0.39, 0.29) is 42.4 Å². The SMILES string of the molecule is C[C@H](Cc1cc(C#N)c2c(ccn2CCCOC(=O)c2ccc(F)cc2)c1)N[C@H](CCc1ccccc1)COc1ccccc1OC(F)(F)CF. The fraction of sp³-hybridized carbons (Fsp3) is 0.300. The number of rotatable bonds is 18.